The van der Waals surface area contributed by atoms with Crippen LogP contribution in [0.5, 0.6) is 0 Å². The van der Waals surface area contributed by atoms with Crippen LogP contribution in [-0.4, -0.2) is 54.3 Å². The zero-order chi connectivity index (χ0) is 32.6. The van der Waals surface area contributed by atoms with E-state index in [4.69, 9.17) is 11.6 Å². The summed E-state index contributed by atoms with van der Waals surface area (Å²) in [7, 11) is 0. The minimum Gasteiger partial charge on any atom is -0.340 e. The predicted octanol–water partition coefficient (Wildman–Crippen LogP) is 5.22. The fraction of sp³-hybridized carbons (Fsp3) is 0.0606. The van der Waals surface area contributed by atoms with Gasteiger partial charge in [-0.05, 0) is 82.7 Å². The number of carbonyl (C=O) groups is 3. The number of fused-ring (bicyclic) bond motifs is 1. The number of carbonyl (C=O) groups excluding carboxylic acids is 3. The molecule has 2 aromatic heterocycles. The first-order valence-electron chi connectivity index (χ1n) is 14.4. The van der Waals surface area contributed by atoms with Crippen molar-refractivity contribution in [2.24, 2.45) is 0 Å². The van der Waals surface area contributed by atoms with Gasteiger partial charge in [0.2, 0.25) is 11.8 Å². The van der Waals surface area contributed by atoms with Crippen molar-refractivity contribution in [2.75, 3.05) is 16.0 Å². The lowest BCUT2D eigenvalue weighted by Crippen LogP contribution is -2.44. The van der Waals surface area contributed by atoms with Gasteiger partial charge in [-0.1, -0.05) is 41.9 Å². The number of urea groups is 1. The minimum atomic E-state index is -0.899. The van der Waals surface area contributed by atoms with Gasteiger partial charge in [0.25, 0.3) is 0 Å². The second-order valence-corrected chi connectivity index (χ2v) is 10.8. The fourth-order valence-corrected chi connectivity index (χ4v) is 4.94. The van der Waals surface area contributed by atoms with Gasteiger partial charge in [-0.15, -0.1) is 5.10 Å². The molecule has 4 amide bonds. The second-order valence-electron chi connectivity index (χ2n) is 10.4. The fourth-order valence-electron chi connectivity index (χ4n) is 4.76. The van der Waals surface area contributed by atoms with E-state index < -0.39 is 23.9 Å². The van der Waals surface area contributed by atoms with Crippen LogP contribution in [0.3, 0.4) is 0 Å². The Labute approximate surface area is 273 Å². The van der Waals surface area contributed by atoms with E-state index in [-0.39, 0.29) is 6.42 Å². The molecular weight excluding hydrogens is 620 g/mol. The lowest BCUT2D eigenvalue weighted by atomic mass is 10.0. The van der Waals surface area contributed by atoms with Crippen molar-refractivity contribution in [3.8, 4) is 5.69 Å². The van der Waals surface area contributed by atoms with Crippen molar-refractivity contribution in [1.29, 1.82) is 0 Å². The number of nitrogens with one attached hydrogen (secondary N) is 5. The molecule has 0 spiro atoms. The van der Waals surface area contributed by atoms with Crippen molar-refractivity contribution < 1.29 is 14.4 Å². The highest BCUT2D eigenvalue weighted by Gasteiger charge is 2.21. The number of nitrogens with zero attached hydrogens (tertiary/aromatic N) is 5. The Bertz CT molecular complexity index is 2040. The summed E-state index contributed by atoms with van der Waals surface area (Å²) in [4.78, 5) is 39.1. The van der Waals surface area contributed by atoms with Gasteiger partial charge in [-0.3, -0.25) is 14.7 Å². The van der Waals surface area contributed by atoms with Gasteiger partial charge in [-0.2, -0.15) is 9.78 Å². The summed E-state index contributed by atoms with van der Waals surface area (Å²) >= 11 is 6.19. The number of anilines is 3. The molecule has 0 saturated carbocycles. The number of tetrazole rings is 1. The number of aromatic amines is 1. The summed E-state index contributed by atoms with van der Waals surface area (Å²) in [5.74, 6) is -0.901. The molecule has 0 aliphatic carbocycles. The average molecular weight is 647 g/mol. The maximum atomic E-state index is 13.4. The standard InChI is InChI=1S/C33H27ClN10O3/c34-24-7-14-30(44-20-36-42-43-44)22(17-24)6-15-31(45)40-29(16-21-4-2-1-3-5-21)32(46)37-25-8-10-26(11-9-25)38-33(47)39-27-12-13-28-23(18-27)19-35-41-28/h1-15,17-20,29H,16H2,(H,35,41)(H,37,46)(H,40,45)(H2,38,39,47). The lowest BCUT2D eigenvalue weighted by molar-refractivity contribution is -0.123. The number of amides is 4. The molecule has 6 aromatic rings. The number of aromatic nitrogens is 6. The molecule has 0 saturated heterocycles. The highest BCUT2D eigenvalue weighted by molar-refractivity contribution is 6.30. The minimum absolute atomic E-state index is 0.254. The highest BCUT2D eigenvalue weighted by Crippen LogP contribution is 2.21. The Morgan fingerprint density at radius 3 is 2.38 bits per heavy atom. The SMILES string of the molecule is O=C(C=Cc1cc(Cl)ccc1-n1cnnn1)NC(Cc1ccccc1)C(=O)Nc1ccc(NC(=O)Nc2ccc3[nH]ncc3c2)cc1. The molecule has 0 aliphatic rings. The maximum Gasteiger partial charge on any atom is 0.323 e. The molecule has 2 heterocycles. The van der Waals surface area contributed by atoms with Gasteiger partial charge < -0.3 is 21.3 Å². The van der Waals surface area contributed by atoms with Gasteiger partial charge in [0, 0.05) is 45.5 Å². The van der Waals surface area contributed by atoms with E-state index in [1.54, 1.807) is 60.8 Å². The van der Waals surface area contributed by atoms with Crippen LogP contribution in [0.25, 0.3) is 22.7 Å². The number of H-pyrrole nitrogens is 1. The average Bonchev–Trinajstić information content (AvgIpc) is 3.78. The van der Waals surface area contributed by atoms with Crippen LogP contribution in [0.15, 0.2) is 110 Å². The van der Waals surface area contributed by atoms with E-state index in [2.05, 4.69) is 47.0 Å². The molecule has 1 unspecified atom stereocenters. The molecule has 0 fully saturated rings. The Morgan fingerprint density at radius 1 is 0.872 bits per heavy atom. The third-order valence-corrected chi connectivity index (χ3v) is 7.26. The first-order chi connectivity index (χ1) is 22.9. The molecule has 1 atom stereocenters. The number of rotatable bonds is 10. The van der Waals surface area contributed by atoms with E-state index in [0.717, 1.165) is 16.5 Å². The summed E-state index contributed by atoms with van der Waals surface area (Å²) in [5, 5.41) is 30.6. The molecule has 4 aromatic carbocycles. The van der Waals surface area contributed by atoms with Crippen molar-refractivity contribution in [2.45, 2.75) is 12.5 Å². The highest BCUT2D eigenvalue weighted by atomic mass is 35.5. The molecule has 13 nitrogen and oxygen atoms in total. The Morgan fingerprint density at radius 2 is 1.62 bits per heavy atom. The first kappa shape index (κ1) is 30.7. The molecule has 47 heavy (non-hydrogen) atoms. The summed E-state index contributed by atoms with van der Waals surface area (Å²) < 4.78 is 1.45. The monoisotopic (exact) mass is 646 g/mol. The van der Waals surface area contributed by atoms with Crippen LogP contribution in [0.4, 0.5) is 21.9 Å². The normalized spacial score (nSPS) is 11.7. The van der Waals surface area contributed by atoms with Crippen molar-refractivity contribution in [1.82, 2.24) is 35.7 Å². The summed E-state index contributed by atoms with van der Waals surface area (Å²) in [6, 6.07) is 25.2. The number of benzene rings is 4. The van der Waals surface area contributed by atoms with E-state index >= 15 is 0 Å². The molecule has 234 valence electrons. The Kier molecular flexibility index (Phi) is 9.25. The van der Waals surface area contributed by atoms with Crippen LogP contribution in [0.2, 0.25) is 5.02 Å². The van der Waals surface area contributed by atoms with E-state index in [1.165, 1.54) is 17.1 Å². The summed E-state index contributed by atoms with van der Waals surface area (Å²) in [5.41, 5.74) is 4.57. The number of hydrogen-bond donors (Lipinski definition) is 5. The topological polar surface area (TPSA) is 172 Å². The molecule has 5 N–H and O–H groups in total. The maximum absolute atomic E-state index is 13.4. The largest absolute Gasteiger partial charge is 0.340 e. The molecule has 0 aliphatic heterocycles. The Hall–Kier alpha value is -6.34. The second kappa shape index (κ2) is 14.2. The smallest absolute Gasteiger partial charge is 0.323 e. The zero-order valence-corrected chi connectivity index (χ0v) is 25.3. The van der Waals surface area contributed by atoms with Crippen LogP contribution >= 0.6 is 11.6 Å². The van der Waals surface area contributed by atoms with Gasteiger partial charge in [0.15, 0.2) is 0 Å². The molecule has 0 bridgehead atoms. The summed E-state index contributed by atoms with van der Waals surface area (Å²) in [6.45, 7) is 0. The number of halogens is 1. The van der Waals surface area contributed by atoms with Gasteiger partial charge in [0.05, 0.1) is 17.4 Å². The molecule has 14 heteroatoms. The third kappa shape index (κ3) is 8.04. The molecule has 6 rings (SSSR count). The van der Waals surface area contributed by atoms with Crippen molar-refractivity contribution in [3.05, 3.63) is 126 Å². The van der Waals surface area contributed by atoms with Crippen molar-refractivity contribution >= 4 is 63.5 Å². The first-order valence-corrected chi connectivity index (χ1v) is 14.7. The Balaban J connectivity index is 1.10. The van der Waals surface area contributed by atoms with Crippen molar-refractivity contribution in [3.63, 3.8) is 0 Å². The lowest BCUT2D eigenvalue weighted by Gasteiger charge is -2.18. The third-order valence-electron chi connectivity index (χ3n) is 7.02. The number of hydrogen-bond acceptors (Lipinski definition) is 7. The van der Waals surface area contributed by atoms with Crippen LogP contribution in [0.1, 0.15) is 11.1 Å². The van der Waals surface area contributed by atoms with E-state index in [9.17, 15) is 14.4 Å². The predicted molar refractivity (Wildman–Crippen MR) is 179 cm³/mol. The molecular formula is C33H27ClN10O3. The van der Waals surface area contributed by atoms with E-state index in [0.29, 0.717) is 33.3 Å². The quantitative estimate of drug-likeness (QED) is 0.127. The van der Waals surface area contributed by atoms with Crippen LogP contribution < -0.4 is 21.3 Å². The van der Waals surface area contributed by atoms with Gasteiger partial charge in [0.1, 0.15) is 12.4 Å². The molecule has 0 radical (unpaired) electrons. The van der Waals surface area contributed by atoms with Crippen LogP contribution in [0, 0.1) is 0 Å². The summed E-state index contributed by atoms with van der Waals surface area (Å²) in [6.07, 6.45) is 6.26. The van der Waals surface area contributed by atoms with E-state index in [1.807, 2.05) is 42.5 Å². The van der Waals surface area contributed by atoms with Gasteiger partial charge >= 0.3 is 6.03 Å². The van der Waals surface area contributed by atoms with Crippen LogP contribution in [-0.2, 0) is 16.0 Å². The zero-order valence-electron chi connectivity index (χ0n) is 24.6. The van der Waals surface area contributed by atoms with Gasteiger partial charge in [-0.25, -0.2) is 4.79 Å².